The van der Waals surface area contributed by atoms with E-state index in [0.29, 0.717) is 41.3 Å². The molecule has 0 aromatic heterocycles. The van der Waals surface area contributed by atoms with Crippen molar-refractivity contribution in [3.63, 3.8) is 0 Å². The van der Waals surface area contributed by atoms with Crippen molar-refractivity contribution in [2.24, 2.45) is 40.4 Å². The maximum Gasteiger partial charge on any atom is 0.222 e. The van der Waals surface area contributed by atoms with E-state index in [2.05, 4.69) is 20.8 Å². The SMILES string of the molecule is CCCN(C)C(=O)CCCCCCC[C@H]1C[C@]2(C)[C@@H](O)CC[C@H]2[C@@H]2CC[C@H]3CC(=O)CC[C@]3(C)[C@@H]12. The normalized spacial score (nSPS) is 40.7. The second kappa shape index (κ2) is 11.2. The number of aliphatic hydroxyl groups excluding tert-OH is 1. The molecule has 0 unspecified atom stereocenters. The summed E-state index contributed by atoms with van der Waals surface area (Å²) >= 11 is 0. The minimum atomic E-state index is -0.127. The summed E-state index contributed by atoms with van der Waals surface area (Å²) in [5, 5.41) is 11.0. The number of hydrogen-bond acceptors (Lipinski definition) is 3. The molecule has 4 rings (SSSR count). The Balaban J connectivity index is 1.34. The first kappa shape index (κ1) is 27.1. The van der Waals surface area contributed by atoms with Gasteiger partial charge in [0.15, 0.2) is 0 Å². The van der Waals surface area contributed by atoms with Crippen LogP contribution in [0.4, 0.5) is 0 Å². The lowest BCUT2D eigenvalue weighted by atomic mass is 9.42. The minimum absolute atomic E-state index is 0.102. The van der Waals surface area contributed by atoms with Gasteiger partial charge in [-0.3, -0.25) is 9.59 Å². The highest BCUT2D eigenvalue weighted by molar-refractivity contribution is 5.79. The number of aliphatic hydroxyl groups is 1. The number of carbonyl (C=O) groups excluding carboxylic acids is 2. The van der Waals surface area contributed by atoms with Crippen LogP contribution in [0.5, 0.6) is 0 Å². The van der Waals surface area contributed by atoms with Crippen molar-refractivity contribution < 1.29 is 14.7 Å². The Bertz CT molecular complexity index is 752. The van der Waals surface area contributed by atoms with Crippen molar-refractivity contribution in [1.82, 2.24) is 4.90 Å². The van der Waals surface area contributed by atoms with Crippen LogP contribution in [0.1, 0.15) is 124 Å². The summed E-state index contributed by atoms with van der Waals surface area (Å²) in [6.45, 7) is 7.94. The third kappa shape index (κ3) is 5.39. The van der Waals surface area contributed by atoms with Gasteiger partial charge in [0.2, 0.25) is 5.91 Å². The lowest BCUT2D eigenvalue weighted by molar-refractivity contribution is -0.159. The number of carbonyl (C=O) groups is 2. The molecule has 35 heavy (non-hydrogen) atoms. The second-order valence-corrected chi connectivity index (χ2v) is 13.5. The number of nitrogens with zero attached hydrogens (tertiary/aromatic N) is 1. The molecular weight excluding hydrogens is 434 g/mol. The third-order valence-corrected chi connectivity index (χ3v) is 11.5. The standard InChI is InChI=1S/C31H53NO3/c1-5-19-32(4)28(35)12-10-8-6-7-9-11-22-21-31(3)26(15-16-27(31)34)25-14-13-23-20-24(33)17-18-30(23,2)29(22)25/h22-23,25-27,29,34H,5-21H2,1-4H3/t22-,23-,25-,26-,27-,29-,30-,31-/m0/s1. The summed E-state index contributed by atoms with van der Waals surface area (Å²) < 4.78 is 0. The van der Waals surface area contributed by atoms with Crippen LogP contribution in [0.3, 0.4) is 0 Å². The fourth-order valence-electron chi connectivity index (χ4n) is 9.57. The maximum absolute atomic E-state index is 12.3. The highest BCUT2D eigenvalue weighted by Crippen LogP contribution is 2.68. The van der Waals surface area contributed by atoms with Gasteiger partial charge < -0.3 is 10.0 Å². The second-order valence-electron chi connectivity index (χ2n) is 13.5. The van der Waals surface area contributed by atoms with Gasteiger partial charge in [-0.2, -0.15) is 0 Å². The number of fused-ring (bicyclic) bond motifs is 5. The summed E-state index contributed by atoms with van der Waals surface area (Å²) in [4.78, 5) is 26.4. The molecule has 4 aliphatic rings. The lowest BCUT2D eigenvalue weighted by Crippen LogP contribution is -2.57. The van der Waals surface area contributed by atoms with E-state index in [0.717, 1.165) is 63.3 Å². The van der Waals surface area contributed by atoms with Gasteiger partial charge in [0.1, 0.15) is 5.78 Å². The minimum Gasteiger partial charge on any atom is -0.393 e. The molecule has 0 aliphatic heterocycles. The number of amides is 1. The van der Waals surface area contributed by atoms with Crippen LogP contribution in [0, 0.1) is 40.4 Å². The Hall–Kier alpha value is -0.900. The van der Waals surface area contributed by atoms with Gasteiger partial charge >= 0.3 is 0 Å². The summed E-state index contributed by atoms with van der Waals surface area (Å²) in [7, 11) is 1.92. The van der Waals surface area contributed by atoms with Crippen molar-refractivity contribution in [3.05, 3.63) is 0 Å². The first-order valence-electron chi connectivity index (χ1n) is 15.1. The van der Waals surface area contributed by atoms with Gasteiger partial charge in [-0.05, 0) is 91.8 Å². The highest BCUT2D eigenvalue weighted by Gasteiger charge is 2.62. The van der Waals surface area contributed by atoms with Gasteiger partial charge in [0.05, 0.1) is 6.10 Å². The molecule has 1 N–H and O–H groups in total. The zero-order chi connectivity index (χ0) is 25.2. The van der Waals surface area contributed by atoms with Crippen LogP contribution in [0.2, 0.25) is 0 Å². The van der Waals surface area contributed by atoms with Gasteiger partial charge in [-0.1, -0.05) is 52.9 Å². The van der Waals surface area contributed by atoms with E-state index in [1.54, 1.807) is 0 Å². The topological polar surface area (TPSA) is 57.6 Å². The molecule has 0 bridgehead atoms. The fourth-order valence-corrected chi connectivity index (χ4v) is 9.57. The molecular formula is C31H53NO3. The van der Waals surface area contributed by atoms with Crippen molar-refractivity contribution in [3.8, 4) is 0 Å². The Kier molecular flexibility index (Phi) is 8.71. The van der Waals surface area contributed by atoms with E-state index in [9.17, 15) is 14.7 Å². The van der Waals surface area contributed by atoms with E-state index in [1.165, 1.54) is 51.4 Å². The largest absolute Gasteiger partial charge is 0.393 e. The summed E-state index contributed by atoms with van der Waals surface area (Å²) in [6.07, 6.45) is 17.4. The number of ketones is 1. The van der Waals surface area contributed by atoms with Crippen LogP contribution in [0.25, 0.3) is 0 Å². The molecule has 8 atom stereocenters. The molecule has 0 heterocycles. The fraction of sp³-hybridized carbons (Fsp3) is 0.935. The van der Waals surface area contributed by atoms with Crippen LogP contribution in [-0.2, 0) is 9.59 Å². The average molecular weight is 488 g/mol. The Morgan fingerprint density at radius 1 is 1.03 bits per heavy atom. The lowest BCUT2D eigenvalue weighted by Gasteiger charge is -2.62. The number of Topliss-reactive ketones (excluding diaryl/α,β-unsaturated/α-hetero) is 1. The van der Waals surface area contributed by atoms with Crippen LogP contribution < -0.4 is 0 Å². The number of unbranched alkanes of at least 4 members (excludes halogenated alkanes) is 4. The molecule has 0 saturated heterocycles. The van der Waals surface area contributed by atoms with Crippen molar-refractivity contribution in [2.75, 3.05) is 13.6 Å². The summed E-state index contributed by atoms with van der Waals surface area (Å²) in [5.41, 5.74) is 0.422. The van der Waals surface area contributed by atoms with Crippen LogP contribution in [-0.4, -0.2) is 41.4 Å². The van der Waals surface area contributed by atoms with Crippen molar-refractivity contribution in [2.45, 2.75) is 130 Å². The molecule has 0 aromatic rings. The van der Waals surface area contributed by atoms with Crippen LogP contribution in [0.15, 0.2) is 0 Å². The molecule has 4 nitrogen and oxygen atoms in total. The number of hydrogen-bond donors (Lipinski definition) is 1. The Labute approximate surface area is 215 Å². The first-order chi connectivity index (χ1) is 16.7. The quantitative estimate of drug-likeness (QED) is 0.345. The molecule has 4 aliphatic carbocycles. The van der Waals surface area contributed by atoms with E-state index < -0.39 is 0 Å². The van der Waals surface area contributed by atoms with Gasteiger partial charge in [-0.15, -0.1) is 0 Å². The van der Waals surface area contributed by atoms with E-state index >= 15 is 0 Å². The van der Waals surface area contributed by atoms with Gasteiger partial charge in [-0.25, -0.2) is 0 Å². The Morgan fingerprint density at radius 3 is 2.54 bits per heavy atom. The smallest absolute Gasteiger partial charge is 0.222 e. The third-order valence-electron chi connectivity index (χ3n) is 11.5. The summed E-state index contributed by atoms with van der Waals surface area (Å²) in [6, 6.07) is 0. The van der Waals surface area contributed by atoms with E-state index in [1.807, 2.05) is 11.9 Å². The van der Waals surface area contributed by atoms with E-state index in [4.69, 9.17) is 0 Å². The first-order valence-corrected chi connectivity index (χ1v) is 15.1. The highest BCUT2D eigenvalue weighted by atomic mass is 16.3. The van der Waals surface area contributed by atoms with Crippen molar-refractivity contribution >= 4 is 11.7 Å². The molecule has 4 fully saturated rings. The monoisotopic (exact) mass is 487 g/mol. The molecule has 200 valence electrons. The van der Waals surface area contributed by atoms with E-state index in [-0.39, 0.29) is 11.5 Å². The molecule has 0 aromatic carbocycles. The molecule has 0 radical (unpaired) electrons. The zero-order valence-electron chi connectivity index (χ0n) is 23.2. The molecule has 4 saturated carbocycles. The predicted molar refractivity (Wildman–Crippen MR) is 142 cm³/mol. The molecule has 0 spiro atoms. The van der Waals surface area contributed by atoms with Crippen molar-refractivity contribution in [1.29, 1.82) is 0 Å². The van der Waals surface area contributed by atoms with Gasteiger partial charge in [0.25, 0.3) is 0 Å². The zero-order valence-corrected chi connectivity index (χ0v) is 23.2. The molecule has 1 amide bonds. The average Bonchev–Trinajstić information content (AvgIpc) is 3.12. The molecule has 4 heteroatoms. The summed E-state index contributed by atoms with van der Waals surface area (Å²) in [5.74, 6) is 4.24. The number of rotatable bonds is 10. The van der Waals surface area contributed by atoms with Gasteiger partial charge in [0, 0.05) is 32.9 Å². The van der Waals surface area contributed by atoms with Crippen LogP contribution >= 0.6 is 0 Å². The Morgan fingerprint density at radius 2 is 1.77 bits per heavy atom. The predicted octanol–water partition coefficient (Wildman–Crippen LogP) is 6.78. The maximum atomic E-state index is 12.3.